The van der Waals surface area contributed by atoms with Crippen LogP contribution in [0.4, 0.5) is 4.39 Å². The van der Waals surface area contributed by atoms with Gasteiger partial charge in [-0.25, -0.2) is 4.39 Å². The third-order valence-corrected chi connectivity index (χ3v) is 6.92. The van der Waals surface area contributed by atoms with Crippen molar-refractivity contribution in [3.63, 3.8) is 0 Å². The molecule has 0 amide bonds. The zero-order valence-electron chi connectivity index (χ0n) is 17.8. The molecule has 2 unspecified atom stereocenters. The molecule has 0 spiro atoms. The molecular weight excluding hydrogens is 359 g/mol. The summed E-state index contributed by atoms with van der Waals surface area (Å²) in [7, 11) is 2.18. The number of hydrogen-bond acceptors (Lipinski definition) is 2. The lowest BCUT2D eigenvalue weighted by Gasteiger charge is -2.42. The summed E-state index contributed by atoms with van der Waals surface area (Å²) in [5.41, 5.74) is 1.26. The summed E-state index contributed by atoms with van der Waals surface area (Å²) in [5, 5.41) is 10.2. The highest BCUT2D eigenvalue weighted by molar-refractivity contribution is 5.35. The van der Waals surface area contributed by atoms with Crippen LogP contribution in [0.5, 0.6) is 0 Å². The first kappa shape index (κ1) is 21.5. The van der Waals surface area contributed by atoms with Gasteiger partial charge in [0.15, 0.2) is 0 Å². The second-order valence-corrected chi connectivity index (χ2v) is 8.51. The fourth-order valence-corrected chi connectivity index (χ4v) is 4.75. The van der Waals surface area contributed by atoms with Crippen LogP contribution in [-0.4, -0.2) is 24.5 Å². The molecule has 0 N–H and O–H groups in total. The first-order chi connectivity index (χ1) is 14.1. The van der Waals surface area contributed by atoms with E-state index in [9.17, 15) is 9.65 Å². The molecule has 0 saturated heterocycles. The Morgan fingerprint density at radius 1 is 1.14 bits per heavy atom. The Hall–Kier alpha value is -2.18. The molecule has 2 aromatic carbocycles. The average molecular weight is 393 g/mol. The van der Waals surface area contributed by atoms with E-state index in [0.717, 1.165) is 51.5 Å². The second-order valence-electron chi connectivity index (χ2n) is 8.51. The lowest BCUT2D eigenvalue weighted by molar-refractivity contribution is 0.162. The third-order valence-electron chi connectivity index (χ3n) is 6.92. The van der Waals surface area contributed by atoms with Crippen molar-refractivity contribution in [1.82, 2.24) is 4.90 Å². The Labute approximate surface area is 175 Å². The van der Waals surface area contributed by atoms with E-state index in [1.54, 1.807) is 6.07 Å². The maximum absolute atomic E-state index is 14.7. The predicted octanol–water partition coefficient (Wildman–Crippen LogP) is 6.12. The van der Waals surface area contributed by atoms with Crippen LogP contribution in [0.3, 0.4) is 0 Å². The monoisotopic (exact) mass is 392 g/mol. The molecule has 2 nitrogen and oxygen atoms in total. The molecule has 1 fully saturated rings. The molecule has 1 aliphatic rings. The third kappa shape index (κ3) is 4.87. The highest BCUT2D eigenvalue weighted by Gasteiger charge is 2.45. The van der Waals surface area contributed by atoms with Gasteiger partial charge in [-0.3, -0.25) is 0 Å². The topological polar surface area (TPSA) is 27.0 Å². The quantitative estimate of drug-likeness (QED) is 0.487. The molecule has 1 saturated carbocycles. The van der Waals surface area contributed by atoms with Gasteiger partial charge in [-0.2, -0.15) is 5.26 Å². The molecule has 0 radical (unpaired) electrons. The van der Waals surface area contributed by atoms with Gasteiger partial charge in [0, 0.05) is 18.2 Å². The van der Waals surface area contributed by atoms with E-state index < -0.39 is 5.41 Å². The van der Waals surface area contributed by atoms with Crippen LogP contribution in [0.15, 0.2) is 54.6 Å². The zero-order chi connectivity index (χ0) is 20.7. The molecule has 0 heterocycles. The van der Waals surface area contributed by atoms with Gasteiger partial charge in [0.1, 0.15) is 5.82 Å². The second kappa shape index (κ2) is 10.0. The number of rotatable bonds is 10. The van der Waals surface area contributed by atoms with Gasteiger partial charge < -0.3 is 4.90 Å². The maximum atomic E-state index is 14.7. The van der Waals surface area contributed by atoms with Gasteiger partial charge in [-0.15, -0.1) is 0 Å². The number of halogens is 1. The van der Waals surface area contributed by atoms with Gasteiger partial charge in [0.2, 0.25) is 0 Å². The molecule has 0 aliphatic heterocycles. The maximum Gasteiger partial charge on any atom is 0.128 e. The summed E-state index contributed by atoms with van der Waals surface area (Å²) in [6.45, 7) is 3.20. The fourth-order valence-electron chi connectivity index (χ4n) is 4.75. The van der Waals surface area contributed by atoms with E-state index in [4.69, 9.17) is 0 Å². The van der Waals surface area contributed by atoms with Crippen LogP contribution in [0, 0.1) is 23.1 Å². The van der Waals surface area contributed by atoms with Crippen molar-refractivity contribution in [2.24, 2.45) is 5.92 Å². The molecule has 1 aliphatic carbocycles. The molecule has 2 atom stereocenters. The van der Waals surface area contributed by atoms with Crippen LogP contribution in [0.1, 0.15) is 56.6 Å². The number of hydrogen-bond donors (Lipinski definition) is 0. The van der Waals surface area contributed by atoms with Gasteiger partial charge in [-0.05, 0) is 63.1 Å². The van der Waals surface area contributed by atoms with E-state index in [1.165, 1.54) is 11.6 Å². The SMILES string of the molecule is CCC(CCC(C#N)(c1ccccc1F)C1CCC1)N(C)CCc1ccccc1. The van der Waals surface area contributed by atoms with E-state index in [-0.39, 0.29) is 11.7 Å². The predicted molar refractivity (Wildman–Crippen MR) is 117 cm³/mol. The highest BCUT2D eigenvalue weighted by atomic mass is 19.1. The van der Waals surface area contributed by atoms with E-state index in [2.05, 4.69) is 49.2 Å². The molecule has 0 aromatic heterocycles. The Balaban J connectivity index is 1.70. The first-order valence-electron chi connectivity index (χ1n) is 11.0. The van der Waals surface area contributed by atoms with Crippen LogP contribution in [0.25, 0.3) is 0 Å². The Morgan fingerprint density at radius 2 is 1.83 bits per heavy atom. The minimum absolute atomic E-state index is 0.230. The summed E-state index contributed by atoms with van der Waals surface area (Å²) in [6, 6.07) is 20.5. The first-order valence-corrected chi connectivity index (χ1v) is 11.0. The molecule has 2 aromatic rings. The largest absolute Gasteiger partial charge is 0.303 e. The van der Waals surface area contributed by atoms with Gasteiger partial charge >= 0.3 is 0 Å². The lowest BCUT2D eigenvalue weighted by Crippen LogP contribution is -2.41. The van der Waals surface area contributed by atoms with Crippen molar-refractivity contribution < 1.29 is 4.39 Å². The number of benzene rings is 2. The van der Waals surface area contributed by atoms with Gasteiger partial charge in [-0.1, -0.05) is 61.9 Å². The standard InChI is InChI=1S/C26H33FN2/c1-3-23(29(2)19-17-21-10-5-4-6-11-21)16-18-26(20-28,22-12-9-13-22)24-14-7-8-15-25(24)27/h4-8,10-11,14-15,22-23H,3,9,12-13,16-19H2,1-2H3. The van der Waals surface area contributed by atoms with Crippen molar-refractivity contribution in [3.8, 4) is 6.07 Å². The lowest BCUT2D eigenvalue weighted by atomic mass is 9.60. The fraction of sp³-hybridized carbons (Fsp3) is 0.500. The van der Waals surface area contributed by atoms with E-state index in [0.29, 0.717) is 11.6 Å². The average Bonchev–Trinajstić information content (AvgIpc) is 2.71. The van der Waals surface area contributed by atoms with Crippen molar-refractivity contribution in [2.45, 2.75) is 63.3 Å². The zero-order valence-corrected chi connectivity index (χ0v) is 17.8. The van der Waals surface area contributed by atoms with Crippen molar-refractivity contribution >= 4 is 0 Å². The minimum atomic E-state index is -0.697. The molecule has 154 valence electrons. The van der Waals surface area contributed by atoms with Crippen LogP contribution in [0.2, 0.25) is 0 Å². The van der Waals surface area contributed by atoms with Gasteiger partial charge in [0.25, 0.3) is 0 Å². The Kier molecular flexibility index (Phi) is 7.45. The Morgan fingerprint density at radius 3 is 2.41 bits per heavy atom. The number of nitrogens with zero attached hydrogens (tertiary/aromatic N) is 2. The van der Waals surface area contributed by atoms with Crippen molar-refractivity contribution in [1.29, 1.82) is 5.26 Å². The molecule has 0 bridgehead atoms. The molecule has 3 rings (SSSR count). The highest BCUT2D eigenvalue weighted by Crippen LogP contribution is 2.47. The number of nitriles is 1. The minimum Gasteiger partial charge on any atom is -0.303 e. The molecule has 29 heavy (non-hydrogen) atoms. The summed E-state index contributed by atoms with van der Waals surface area (Å²) in [4.78, 5) is 2.41. The Bertz CT molecular complexity index is 809. The smallest absolute Gasteiger partial charge is 0.128 e. The van der Waals surface area contributed by atoms with Crippen LogP contribution in [-0.2, 0) is 11.8 Å². The summed E-state index contributed by atoms with van der Waals surface area (Å²) >= 11 is 0. The summed E-state index contributed by atoms with van der Waals surface area (Å²) in [5.74, 6) is 0.0444. The van der Waals surface area contributed by atoms with Crippen LogP contribution < -0.4 is 0 Å². The molecular formula is C26H33FN2. The van der Waals surface area contributed by atoms with E-state index >= 15 is 0 Å². The molecule has 3 heteroatoms. The normalized spacial score (nSPS) is 17.3. The number of likely N-dealkylation sites (N-methyl/N-ethyl adjacent to an activating group) is 1. The van der Waals surface area contributed by atoms with Crippen LogP contribution >= 0.6 is 0 Å². The van der Waals surface area contributed by atoms with E-state index in [1.807, 2.05) is 18.2 Å². The summed E-state index contributed by atoms with van der Waals surface area (Å²) in [6.07, 6.45) is 6.91. The summed E-state index contributed by atoms with van der Waals surface area (Å²) < 4.78 is 14.7. The van der Waals surface area contributed by atoms with Crippen molar-refractivity contribution in [2.75, 3.05) is 13.6 Å². The van der Waals surface area contributed by atoms with Gasteiger partial charge in [0.05, 0.1) is 11.5 Å². The van der Waals surface area contributed by atoms with Crippen molar-refractivity contribution in [3.05, 3.63) is 71.5 Å².